The first-order chi connectivity index (χ1) is 12.1. The van der Waals surface area contributed by atoms with Gasteiger partial charge < -0.3 is 0 Å². The second-order valence-electron chi connectivity index (χ2n) is 5.52. The number of rotatable bonds is 6. The monoisotopic (exact) mass is 372 g/mol. The topological polar surface area (TPSA) is 50.3 Å². The molecule has 0 atom stereocenters. The summed E-state index contributed by atoms with van der Waals surface area (Å²) in [5.41, 5.74) is 2.66. The summed E-state index contributed by atoms with van der Waals surface area (Å²) in [4.78, 5) is 4.98. The van der Waals surface area contributed by atoms with E-state index < -0.39 is 10.0 Å². The van der Waals surface area contributed by atoms with Gasteiger partial charge in [0, 0.05) is 29.6 Å². The lowest BCUT2D eigenvalue weighted by Crippen LogP contribution is -2.30. The van der Waals surface area contributed by atoms with E-state index in [4.69, 9.17) is 0 Å². The molecule has 0 saturated heterocycles. The van der Waals surface area contributed by atoms with E-state index in [2.05, 4.69) is 4.98 Å². The number of hydrogen-bond donors (Lipinski definition) is 0. The molecule has 1 heterocycles. The van der Waals surface area contributed by atoms with Gasteiger partial charge in [0.15, 0.2) is 0 Å². The van der Waals surface area contributed by atoms with E-state index in [0.717, 1.165) is 21.8 Å². The molecule has 3 rings (SSSR count). The molecular formula is C19H20N2O2S2. The third-order valence-electron chi connectivity index (χ3n) is 4.00. The first-order valence-corrected chi connectivity index (χ1v) is 10.5. The van der Waals surface area contributed by atoms with Crippen molar-refractivity contribution in [3.05, 3.63) is 60.0 Å². The summed E-state index contributed by atoms with van der Waals surface area (Å²) in [5, 5.41) is 2.89. The molecule has 0 bridgehead atoms. The summed E-state index contributed by atoms with van der Waals surface area (Å²) >= 11 is 1.56. The van der Waals surface area contributed by atoms with Gasteiger partial charge >= 0.3 is 0 Å². The van der Waals surface area contributed by atoms with Crippen LogP contribution < -0.4 is 0 Å². The van der Waals surface area contributed by atoms with Crippen LogP contribution in [-0.2, 0) is 10.0 Å². The summed E-state index contributed by atoms with van der Waals surface area (Å²) in [7, 11) is -3.47. The highest BCUT2D eigenvalue weighted by Crippen LogP contribution is 2.30. The minimum absolute atomic E-state index is 0.308. The van der Waals surface area contributed by atoms with Gasteiger partial charge in [-0.15, -0.1) is 11.3 Å². The Balaban J connectivity index is 1.97. The summed E-state index contributed by atoms with van der Waals surface area (Å²) in [6.07, 6.45) is 0. The van der Waals surface area contributed by atoms with Crippen LogP contribution >= 0.6 is 11.3 Å². The van der Waals surface area contributed by atoms with Crippen LogP contribution in [0.25, 0.3) is 21.8 Å². The molecule has 0 aliphatic rings. The van der Waals surface area contributed by atoms with Gasteiger partial charge in [-0.2, -0.15) is 4.31 Å². The molecule has 25 heavy (non-hydrogen) atoms. The minimum atomic E-state index is -3.47. The fourth-order valence-electron chi connectivity index (χ4n) is 2.65. The number of aromatic nitrogens is 1. The Kier molecular flexibility index (Phi) is 5.32. The van der Waals surface area contributed by atoms with Crippen molar-refractivity contribution < 1.29 is 8.42 Å². The van der Waals surface area contributed by atoms with E-state index in [0.29, 0.717) is 18.0 Å². The third-order valence-corrected chi connectivity index (χ3v) is 6.94. The lowest BCUT2D eigenvalue weighted by molar-refractivity contribution is 0.445. The predicted molar refractivity (Wildman–Crippen MR) is 103 cm³/mol. The quantitative estimate of drug-likeness (QED) is 0.640. The van der Waals surface area contributed by atoms with E-state index in [9.17, 15) is 8.42 Å². The average Bonchev–Trinajstić information content (AvgIpc) is 3.13. The zero-order valence-electron chi connectivity index (χ0n) is 14.2. The van der Waals surface area contributed by atoms with Crippen molar-refractivity contribution in [2.75, 3.05) is 13.1 Å². The highest BCUT2D eigenvalue weighted by Gasteiger charge is 2.22. The third kappa shape index (κ3) is 3.66. The maximum Gasteiger partial charge on any atom is 0.243 e. The van der Waals surface area contributed by atoms with E-state index in [-0.39, 0.29) is 0 Å². The second-order valence-corrected chi connectivity index (χ2v) is 8.32. The number of thiazole rings is 1. The number of sulfonamides is 1. The van der Waals surface area contributed by atoms with Crippen molar-refractivity contribution in [3.63, 3.8) is 0 Å². The normalized spacial score (nSPS) is 11.8. The van der Waals surface area contributed by atoms with Gasteiger partial charge in [0.25, 0.3) is 0 Å². The lowest BCUT2D eigenvalue weighted by atomic mass is 10.2. The first kappa shape index (κ1) is 17.8. The Morgan fingerprint density at radius 3 is 2.32 bits per heavy atom. The second kappa shape index (κ2) is 7.47. The molecule has 0 aliphatic carbocycles. The molecule has 130 valence electrons. The van der Waals surface area contributed by atoms with E-state index in [1.54, 1.807) is 29.5 Å². The standard InChI is InChI=1S/C19H20N2O2S2/c1-3-21(4-2)25(22,23)17-12-8-11-16(13-17)18-14-24-19(20-18)15-9-6-5-7-10-15/h5-14H,3-4H2,1-2H3. The number of nitrogens with zero attached hydrogens (tertiary/aromatic N) is 2. The molecule has 0 radical (unpaired) electrons. The predicted octanol–water partition coefficient (Wildman–Crippen LogP) is 4.51. The van der Waals surface area contributed by atoms with Gasteiger partial charge in [-0.25, -0.2) is 13.4 Å². The van der Waals surface area contributed by atoms with Crippen molar-refractivity contribution in [2.24, 2.45) is 0 Å². The molecule has 6 heteroatoms. The lowest BCUT2D eigenvalue weighted by Gasteiger charge is -2.18. The van der Waals surface area contributed by atoms with Gasteiger partial charge in [-0.3, -0.25) is 0 Å². The summed E-state index contributed by atoms with van der Waals surface area (Å²) in [5.74, 6) is 0. The van der Waals surface area contributed by atoms with Crippen molar-refractivity contribution in [2.45, 2.75) is 18.7 Å². The molecular weight excluding hydrogens is 352 g/mol. The molecule has 0 aliphatic heterocycles. The van der Waals surface area contributed by atoms with Crippen LogP contribution in [0.5, 0.6) is 0 Å². The van der Waals surface area contributed by atoms with Crippen molar-refractivity contribution >= 4 is 21.4 Å². The zero-order chi connectivity index (χ0) is 17.9. The molecule has 0 unspecified atom stereocenters. The van der Waals surface area contributed by atoms with Crippen molar-refractivity contribution in [3.8, 4) is 21.8 Å². The Hall–Kier alpha value is -2.02. The molecule has 0 spiro atoms. The van der Waals surface area contributed by atoms with Crippen LogP contribution in [0, 0.1) is 0 Å². The highest BCUT2D eigenvalue weighted by molar-refractivity contribution is 7.89. The Morgan fingerprint density at radius 1 is 0.960 bits per heavy atom. The van der Waals surface area contributed by atoms with Crippen molar-refractivity contribution in [1.29, 1.82) is 0 Å². The summed E-state index contributed by atoms with van der Waals surface area (Å²) in [6, 6.07) is 17.0. The highest BCUT2D eigenvalue weighted by atomic mass is 32.2. The molecule has 0 fully saturated rings. The Morgan fingerprint density at radius 2 is 1.64 bits per heavy atom. The van der Waals surface area contributed by atoms with Gasteiger partial charge in [-0.05, 0) is 12.1 Å². The maximum absolute atomic E-state index is 12.7. The molecule has 2 aromatic carbocycles. The van der Waals surface area contributed by atoms with Gasteiger partial charge in [0.2, 0.25) is 10.0 Å². The van der Waals surface area contributed by atoms with Crippen LogP contribution in [0.15, 0.2) is 64.9 Å². The van der Waals surface area contributed by atoms with Crippen molar-refractivity contribution in [1.82, 2.24) is 9.29 Å². The zero-order valence-corrected chi connectivity index (χ0v) is 15.8. The van der Waals surface area contributed by atoms with E-state index in [1.807, 2.05) is 55.6 Å². The Bertz CT molecular complexity index is 946. The summed E-state index contributed by atoms with van der Waals surface area (Å²) < 4.78 is 26.9. The van der Waals surface area contributed by atoms with E-state index >= 15 is 0 Å². The molecule has 3 aromatic rings. The molecule has 0 saturated carbocycles. The fraction of sp³-hybridized carbons (Fsp3) is 0.211. The molecule has 4 nitrogen and oxygen atoms in total. The Labute approximate surface area is 152 Å². The van der Waals surface area contributed by atoms with Crippen LogP contribution in [0.4, 0.5) is 0 Å². The van der Waals surface area contributed by atoms with Gasteiger partial charge in [-0.1, -0.05) is 56.3 Å². The largest absolute Gasteiger partial charge is 0.243 e. The van der Waals surface area contributed by atoms with E-state index in [1.165, 1.54) is 4.31 Å². The molecule has 0 amide bonds. The number of benzene rings is 2. The van der Waals surface area contributed by atoms with Crippen LogP contribution in [0.1, 0.15) is 13.8 Å². The average molecular weight is 373 g/mol. The maximum atomic E-state index is 12.7. The number of hydrogen-bond acceptors (Lipinski definition) is 4. The molecule has 0 N–H and O–H groups in total. The SMILES string of the molecule is CCN(CC)S(=O)(=O)c1cccc(-c2csc(-c3ccccc3)n2)c1. The van der Waals surface area contributed by atoms with Gasteiger partial charge in [0.05, 0.1) is 10.6 Å². The first-order valence-electron chi connectivity index (χ1n) is 8.17. The fourth-order valence-corrected chi connectivity index (χ4v) is 4.99. The van der Waals surface area contributed by atoms with Crippen LogP contribution in [0.2, 0.25) is 0 Å². The van der Waals surface area contributed by atoms with Crippen LogP contribution in [0.3, 0.4) is 0 Å². The van der Waals surface area contributed by atoms with Gasteiger partial charge in [0.1, 0.15) is 5.01 Å². The smallest absolute Gasteiger partial charge is 0.236 e. The summed E-state index contributed by atoms with van der Waals surface area (Å²) in [6.45, 7) is 4.60. The molecule has 1 aromatic heterocycles. The van der Waals surface area contributed by atoms with Crippen LogP contribution in [-0.4, -0.2) is 30.8 Å². The minimum Gasteiger partial charge on any atom is -0.236 e.